The number of allylic oxidation sites excluding steroid dienone is 1. The molecule has 4 aromatic rings. The van der Waals surface area contributed by atoms with Crippen molar-refractivity contribution in [3.8, 4) is 29.1 Å². The van der Waals surface area contributed by atoms with E-state index in [4.69, 9.17) is 47.9 Å². The number of ether oxygens (including phenoxy) is 4. The number of carbonyl (C=O) groups excluding carboxylic acids is 1. The van der Waals surface area contributed by atoms with E-state index >= 15 is 0 Å². The summed E-state index contributed by atoms with van der Waals surface area (Å²) in [5, 5.41) is 11.2. The van der Waals surface area contributed by atoms with Gasteiger partial charge in [0.05, 0.1) is 29.7 Å². The minimum atomic E-state index is -0.628. The van der Waals surface area contributed by atoms with Gasteiger partial charge in [0, 0.05) is 21.7 Å². The lowest BCUT2D eigenvalue weighted by molar-refractivity contribution is 0.0740. The molecule has 0 spiro atoms. The third-order valence-corrected chi connectivity index (χ3v) is 7.95. The number of thiophene rings is 1. The van der Waals surface area contributed by atoms with Gasteiger partial charge in [-0.15, -0.1) is 11.3 Å². The number of fused-ring (bicyclic) bond motifs is 2. The van der Waals surface area contributed by atoms with Crippen LogP contribution < -0.4 is 24.7 Å². The quantitative estimate of drug-likeness (QED) is 0.197. The van der Waals surface area contributed by atoms with Crippen LogP contribution in [0.3, 0.4) is 0 Å². The molecule has 0 saturated heterocycles. The number of rotatable bonds is 6. The van der Waals surface area contributed by atoms with E-state index in [1.54, 1.807) is 49.6 Å². The molecule has 0 amide bonds. The third kappa shape index (κ3) is 4.50. The van der Waals surface area contributed by atoms with Gasteiger partial charge >= 0.3 is 5.97 Å². The number of methoxy groups -OCH3 is 1. The van der Waals surface area contributed by atoms with Crippen molar-refractivity contribution < 1.29 is 23.7 Å². The highest BCUT2D eigenvalue weighted by molar-refractivity contribution is 7.21. The number of hydrogen-bond donors (Lipinski definition) is 1. The minimum absolute atomic E-state index is 0.0384. The van der Waals surface area contributed by atoms with E-state index in [2.05, 4.69) is 6.07 Å². The Hall–Kier alpha value is -3.90. The van der Waals surface area contributed by atoms with Crippen LogP contribution in [-0.2, 0) is 0 Å². The Kier molecular flexibility index (Phi) is 7.09. The van der Waals surface area contributed by atoms with Crippen LogP contribution in [0, 0.1) is 11.3 Å². The summed E-state index contributed by atoms with van der Waals surface area (Å²) in [6.07, 6.45) is 0. The number of carbonyl (C=O) groups is 1. The maximum Gasteiger partial charge on any atom is 0.355 e. The van der Waals surface area contributed by atoms with E-state index < -0.39 is 11.9 Å². The molecule has 5 rings (SSSR count). The molecule has 38 heavy (non-hydrogen) atoms. The Morgan fingerprint density at radius 1 is 1.16 bits per heavy atom. The molecule has 0 radical (unpaired) electrons. The van der Waals surface area contributed by atoms with Crippen LogP contribution in [0.4, 0.5) is 0 Å². The SMILES string of the molecule is CCOc1ccc(C2C(C#N)=C(N)Oc3cc(OC(=O)c4sc5cccc(Cl)c5c4Cl)ccc32)cc1OC. The van der Waals surface area contributed by atoms with Crippen molar-refractivity contribution >= 4 is 50.6 Å². The molecule has 0 saturated carbocycles. The van der Waals surface area contributed by atoms with E-state index in [-0.39, 0.29) is 27.1 Å². The molecular formula is C28H20Cl2N2O5S. The van der Waals surface area contributed by atoms with Crippen LogP contribution in [0.15, 0.2) is 66.1 Å². The topological polar surface area (TPSA) is 104 Å². The summed E-state index contributed by atoms with van der Waals surface area (Å²) in [6, 6.07) is 17.9. The summed E-state index contributed by atoms with van der Waals surface area (Å²) in [5.41, 5.74) is 7.83. The van der Waals surface area contributed by atoms with E-state index in [1.807, 2.05) is 19.1 Å². The van der Waals surface area contributed by atoms with E-state index in [1.165, 1.54) is 11.3 Å². The summed E-state index contributed by atoms with van der Waals surface area (Å²) in [7, 11) is 1.55. The predicted octanol–water partition coefficient (Wildman–Crippen LogP) is 7.05. The first-order valence-corrected chi connectivity index (χ1v) is 13.0. The monoisotopic (exact) mass is 566 g/mol. The lowest BCUT2D eigenvalue weighted by Gasteiger charge is -2.27. The van der Waals surface area contributed by atoms with Gasteiger partial charge in [-0.05, 0) is 42.8 Å². The van der Waals surface area contributed by atoms with Gasteiger partial charge < -0.3 is 24.7 Å². The predicted molar refractivity (Wildman–Crippen MR) is 147 cm³/mol. The minimum Gasteiger partial charge on any atom is -0.493 e. The summed E-state index contributed by atoms with van der Waals surface area (Å²) in [6.45, 7) is 2.36. The van der Waals surface area contributed by atoms with Crippen LogP contribution in [0.1, 0.15) is 33.6 Å². The van der Waals surface area contributed by atoms with Crippen molar-refractivity contribution in [1.82, 2.24) is 0 Å². The number of esters is 1. The van der Waals surface area contributed by atoms with Crippen molar-refractivity contribution in [3.05, 3.63) is 92.1 Å². The summed E-state index contributed by atoms with van der Waals surface area (Å²) < 4.78 is 23.3. The molecule has 10 heteroatoms. The highest BCUT2D eigenvalue weighted by Gasteiger charge is 2.32. The van der Waals surface area contributed by atoms with Gasteiger partial charge in [0.25, 0.3) is 0 Å². The van der Waals surface area contributed by atoms with Gasteiger partial charge in [-0.25, -0.2) is 4.79 Å². The lowest BCUT2D eigenvalue weighted by atomic mass is 9.83. The Morgan fingerprint density at radius 2 is 1.97 bits per heavy atom. The molecule has 0 fully saturated rings. The van der Waals surface area contributed by atoms with Crippen molar-refractivity contribution in [1.29, 1.82) is 5.26 Å². The van der Waals surface area contributed by atoms with Crippen LogP contribution in [0.25, 0.3) is 10.1 Å². The zero-order valence-electron chi connectivity index (χ0n) is 20.2. The van der Waals surface area contributed by atoms with Crippen molar-refractivity contribution in [2.24, 2.45) is 5.73 Å². The third-order valence-electron chi connectivity index (χ3n) is 6.01. The molecule has 7 nitrogen and oxygen atoms in total. The first kappa shape index (κ1) is 25.7. The number of halogens is 2. The second-order valence-electron chi connectivity index (χ2n) is 8.22. The van der Waals surface area contributed by atoms with Gasteiger partial charge in [0.1, 0.15) is 28.0 Å². The van der Waals surface area contributed by atoms with E-state index in [0.29, 0.717) is 39.8 Å². The normalized spacial score (nSPS) is 14.4. The number of nitrogens with two attached hydrogens (primary N) is 1. The number of nitrogens with zero attached hydrogens (tertiary/aromatic N) is 1. The maximum atomic E-state index is 13.0. The molecule has 1 aromatic heterocycles. The zero-order chi connectivity index (χ0) is 27.0. The van der Waals surface area contributed by atoms with Gasteiger partial charge in [0.2, 0.25) is 5.88 Å². The molecule has 0 aliphatic carbocycles. The van der Waals surface area contributed by atoms with Crippen molar-refractivity contribution in [2.75, 3.05) is 13.7 Å². The first-order chi connectivity index (χ1) is 18.4. The number of nitriles is 1. The highest BCUT2D eigenvalue weighted by Crippen LogP contribution is 2.45. The van der Waals surface area contributed by atoms with Crippen LogP contribution >= 0.6 is 34.5 Å². The summed E-state index contributed by atoms with van der Waals surface area (Å²) in [5.74, 6) is 0.502. The second kappa shape index (κ2) is 10.5. The standard InChI is InChI=1S/C28H20Cl2N2O5S/c1-3-35-19-10-7-14(11-21(19)34-2)23-16-9-8-15(12-20(16)37-27(32)17(23)13-31)36-28(33)26-25(30)24-18(29)5-4-6-22(24)38-26/h4-12,23H,3,32H2,1-2H3. The molecule has 1 unspecified atom stereocenters. The Labute approximate surface area is 232 Å². The molecule has 2 N–H and O–H groups in total. The fourth-order valence-corrected chi connectivity index (χ4v) is 6.16. The molecule has 192 valence electrons. The van der Waals surface area contributed by atoms with Gasteiger partial charge in [0.15, 0.2) is 11.5 Å². The molecule has 1 aliphatic heterocycles. The van der Waals surface area contributed by atoms with Gasteiger partial charge in [-0.2, -0.15) is 5.26 Å². The average Bonchev–Trinajstić information content (AvgIpc) is 3.25. The largest absolute Gasteiger partial charge is 0.493 e. The van der Waals surface area contributed by atoms with Crippen LogP contribution in [0.2, 0.25) is 10.0 Å². The maximum absolute atomic E-state index is 13.0. The van der Waals surface area contributed by atoms with Gasteiger partial charge in [-0.1, -0.05) is 41.4 Å². The van der Waals surface area contributed by atoms with Crippen LogP contribution in [0.5, 0.6) is 23.0 Å². The first-order valence-electron chi connectivity index (χ1n) is 11.5. The second-order valence-corrected chi connectivity index (χ2v) is 10.1. The van der Waals surface area contributed by atoms with Crippen LogP contribution in [-0.4, -0.2) is 19.7 Å². The van der Waals surface area contributed by atoms with Gasteiger partial charge in [-0.3, -0.25) is 0 Å². The molecule has 1 aliphatic rings. The van der Waals surface area contributed by atoms with E-state index in [9.17, 15) is 10.1 Å². The average molecular weight is 567 g/mol. The van der Waals surface area contributed by atoms with Crippen molar-refractivity contribution in [3.63, 3.8) is 0 Å². The fourth-order valence-electron chi connectivity index (χ4n) is 4.34. The van der Waals surface area contributed by atoms with Crippen molar-refractivity contribution in [2.45, 2.75) is 12.8 Å². The Morgan fingerprint density at radius 3 is 2.68 bits per heavy atom. The number of hydrogen-bond acceptors (Lipinski definition) is 8. The molecule has 0 bridgehead atoms. The smallest absolute Gasteiger partial charge is 0.355 e. The molecular weight excluding hydrogens is 547 g/mol. The fraction of sp³-hybridized carbons (Fsp3) is 0.143. The summed E-state index contributed by atoms with van der Waals surface area (Å²) >= 11 is 13.9. The lowest BCUT2D eigenvalue weighted by Crippen LogP contribution is -2.21. The Balaban J connectivity index is 1.50. The zero-order valence-corrected chi connectivity index (χ0v) is 22.5. The number of benzene rings is 3. The van der Waals surface area contributed by atoms with E-state index in [0.717, 1.165) is 10.3 Å². The summed E-state index contributed by atoms with van der Waals surface area (Å²) in [4.78, 5) is 13.2. The molecule has 3 aromatic carbocycles. The molecule has 2 heterocycles. The Bertz CT molecular complexity index is 1660. The highest BCUT2D eigenvalue weighted by atomic mass is 35.5. The molecule has 1 atom stereocenters.